The van der Waals surface area contributed by atoms with Gasteiger partial charge in [-0.3, -0.25) is 0 Å². The minimum atomic E-state index is -0.453. The summed E-state index contributed by atoms with van der Waals surface area (Å²) in [5, 5.41) is 6.62. The van der Waals surface area contributed by atoms with Gasteiger partial charge in [-0.1, -0.05) is 17.2 Å². The number of hydrogen-bond acceptors (Lipinski definition) is 4. The summed E-state index contributed by atoms with van der Waals surface area (Å²) in [5.74, 6) is -0.228. The van der Waals surface area contributed by atoms with Crippen molar-refractivity contribution in [1.82, 2.24) is 10.4 Å². The molecule has 0 atom stereocenters. The van der Waals surface area contributed by atoms with E-state index in [4.69, 9.17) is 4.74 Å². The van der Waals surface area contributed by atoms with Crippen LogP contribution in [0.1, 0.15) is 0 Å². The Morgan fingerprint density at radius 3 is 2.85 bits per heavy atom. The predicted octanol–water partition coefficient (Wildman–Crippen LogP) is 2.00. The molecule has 0 amide bonds. The Labute approximate surface area is 72.9 Å². The molecule has 0 saturated carbocycles. The van der Waals surface area contributed by atoms with E-state index in [9.17, 15) is 4.39 Å². The second kappa shape index (κ2) is 3.22. The molecule has 0 saturated heterocycles. The van der Waals surface area contributed by atoms with Crippen molar-refractivity contribution in [2.45, 2.75) is 0 Å². The average molecular weight is 180 g/mol. The van der Waals surface area contributed by atoms with Crippen LogP contribution in [0.25, 0.3) is 0 Å². The molecule has 2 rings (SSSR count). The second-order valence-electron chi connectivity index (χ2n) is 2.28. The Kier molecular flexibility index (Phi) is 1.91. The summed E-state index contributed by atoms with van der Waals surface area (Å²) in [6.07, 6.45) is 1.19. The summed E-state index contributed by atoms with van der Waals surface area (Å²) in [7, 11) is 0. The quantitative estimate of drug-likeness (QED) is 0.709. The maximum Gasteiger partial charge on any atom is 0.280 e. The van der Waals surface area contributed by atoms with Crippen LogP contribution in [0, 0.1) is 5.82 Å². The molecule has 66 valence electrons. The van der Waals surface area contributed by atoms with Crippen LogP contribution in [0.2, 0.25) is 0 Å². The lowest BCUT2D eigenvalue weighted by Crippen LogP contribution is -1.87. The summed E-state index contributed by atoms with van der Waals surface area (Å²) in [4.78, 5) is 0. The third kappa shape index (κ3) is 1.64. The summed E-state index contributed by atoms with van der Waals surface area (Å²) < 4.78 is 22.4. The molecule has 0 N–H and O–H groups in total. The van der Waals surface area contributed by atoms with Gasteiger partial charge in [-0.05, 0) is 12.1 Å². The lowest BCUT2D eigenvalue weighted by Gasteiger charge is -2.00. The van der Waals surface area contributed by atoms with E-state index < -0.39 is 5.82 Å². The molecule has 4 nitrogen and oxygen atoms in total. The number of ether oxygens (including phenoxy) is 1. The van der Waals surface area contributed by atoms with Gasteiger partial charge in [0.2, 0.25) is 0 Å². The van der Waals surface area contributed by atoms with Gasteiger partial charge in [0.25, 0.3) is 5.88 Å². The van der Waals surface area contributed by atoms with E-state index in [0.717, 1.165) is 0 Å². The van der Waals surface area contributed by atoms with E-state index in [0.29, 0.717) is 0 Å². The normalized spacial score (nSPS) is 9.92. The van der Waals surface area contributed by atoms with Gasteiger partial charge in [-0.2, -0.15) is 0 Å². The molecule has 2 aromatic rings. The fraction of sp³-hybridized carbons (Fsp3) is 0. The lowest BCUT2D eigenvalue weighted by atomic mass is 10.3. The minimum Gasteiger partial charge on any atom is -0.432 e. The Hall–Kier alpha value is -1.91. The van der Waals surface area contributed by atoms with Crippen LogP contribution in [0.15, 0.2) is 35.1 Å². The molecule has 1 aromatic heterocycles. The van der Waals surface area contributed by atoms with Gasteiger partial charge in [0.15, 0.2) is 17.8 Å². The molecular formula is C8H5FN2O2. The molecule has 13 heavy (non-hydrogen) atoms. The van der Waals surface area contributed by atoms with Crippen molar-refractivity contribution in [2.75, 3.05) is 0 Å². The number of halogens is 1. The highest BCUT2D eigenvalue weighted by Gasteiger charge is 2.04. The Morgan fingerprint density at radius 2 is 2.15 bits per heavy atom. The van der Waals surface area contributed by atoms with Gasteiger partial charge in [-0.15, -0.1) is 0 Å². The molecule has 1 aromatic carbocycles. The predicted molar refractivity (Wildman–Crippen MR) is 40.8 cm³/mol. The van der Waals surface area contributed by atoms with Crippen LogP contribution >= 0.6 is 0 Å². The average Bonchev–Trinajstić information content (AvgIpc) is 2.61. The van der Waals surface area contributed by atoms with Crippen molar-refractivity contribution in [3.63, 3.8) is 0 Å². The molecule has 0 aliphatic heterocycles. The summed E-state index contributed by atoms with van der Waals surface area (Å²) >= 11 is 0. The topological polar surface area (TPSA) is 48.2 Å². The first kappa shape index (κ1) is 7.72. The van der Waals surface area contributed by atoms with Crippen molar-refractivity contribution >= 4 is 0 Å². The highest BCUT2D eigenvalue weighted by Crippen LogP contribution is 2.21. The number of para-hydroxylation sites is 1. The number of benzene rings is 1. The van der Waals surface area contributed by atoms with E-state index in [-0.39, 0.29) is 11.6 Å². The molecule has 5 heteroatoms. The Balaban J connectivity index is 2.24. The van der Waals surface area contributed by atoms with Crippen molar-refractivity contribution < 1.29 is 13.7 Å². The summed E-state index contributed by atoms with van der Waals surface area (Å²) in [6.45, 7) is 0. The van der Waals surface area contributed by atoms with Gasteiger partial charge in [-0.25, -0.2) is 4.39 Å². The molecule has 0 bridgehead atoms. The number of hydrogen-bond donors (Lipinski definition) is 0. The molecule has 1 heterocycles. The summed E-state index contributed by atoms with van der Waals surface area (Å²) in [5.41, 5.74) is 0. The van der Waals surface area contributed by atoms with E-state index in [1.807, 2.05) is 0 Å². The van der Waals surface area contributed by atoms with Gasteiger partial charge >= 0.3 is 0 Å². The maximum atomic E-state index is 13.0. The van der Waals surface area contributed by atoms with Crippen LogP contribution in [-0.2, 0) is 0 Å². The molecule has 0 spiro atoms. The zero-order valence-corrected chi connectivity index (χ0v) is 6.48. The molecule has 0 aliphatic rings. The van der Waals surface area contributed by atoms with Crippen molar-refractivity contribution in [3.8, 4) is 11.6 Å². The first-order valence-corrected chi connectivity index (χ1v) is 3.56. The largest absolute Gasteiger partial charge is 0.432 e. The van der Waals surface area contributed by atoms with Crippen LogP contribution in [0.5, 0.6) is 11.6 Å². The Bertz CT molecular complexity index is 389. The van der Waals surface area contributed by atoms with Crippen molar-refractivity contribution in [2.24, 2.45) is 0 Å². The molecular weight excluding hydrogens is 175 g/mol. The van der Waals surface area contributed by atoms with Crippen LogP contribution in [-0.4, -0.2) is 10.4 Å². The zero-order valence-electron chi connectivity index (χ0n) is 6.48. The molecule has 0 radical (unpaired) electrons. The van der Waals surface area contributed by atoms with Gasteiger partial charge in [0.05, 0.1) is 0 Å². The number of rotatable bonds is 2. The molecule has 0 fully saturated rings. The minimum absolute atomic E-state index is 0.0956. The Morgan fingerprint density at radius 1 is 1.31 bits per heavy atom. The van der Waals surface area contributed by atoms with Gasteiger partial charge in [0, 0.05) is 5.27 Å². The van der Waals surface area contributed by atoms with E-state index in [2.05, 4.69) is 14.9 Å². The number of aromatic nitrogens is 2. The monoisotopic (exact) mass is 180 g/mol. The zero-order chi connectivity index (χ0) is 9.10. The van der Waals surface area contributed by atoms with Gasteiger partial charge < -0.3 is 9.26 Å². The molecule has 0 aliphatic carbocycles. The van der Waals surface area contributed by atoms with Crippen LogP contribution in [0.3, 0.4) is 0 Å². The highest BCUT2D eigenvalue weighted by molar-refractivity contribution is 5.26. The third-order valence-corrected chi connectivity index (χ3v) is 1.39. The van der Waals surface area contributed by atoms with E-state index in [1.165, 1.54) is 18.4 Å². The van der Waals surface area contributed by atoms with Crippen molar-refractivity contribution in [3.05, 3.63) is 36.3 Å². The fourth-order valence-corrected chi connectivity index (χ4v) is 0.841. The first-order chi connectivity index (χ1) is 6.36. The van der Waals surface area contributed by atoms with Crippen LogP contribution < -0.4 is 4.74 Å². The van der Waals surface area contributed by atoms with E-state index >= 15 is 0 Å². The van der Waals surface area contributed by atoms with Crippen molar-refractivity contribution in [1.29, 1.82) is 0 Å². The van der Waals surface area contributed by atoms with E-state index in [1.54, 1.807) is 12.1 Å². The van der Waals surface area contributed by atoms with Crippen LogP contribution in [0.4, 0.5) is 4.39 Å². The third-order valence-electron chi connectivity index (χ3n) is 1.39. The van der Waals surface area contributed by atoms with Gasteiger partial charge in [0.1, 0.15) is 0 Å². The smallest absolute Gasteiger partial charge is 0.280 e. The second-order valence-corrected chi connectivity index (χ2v) is 2.28. The molecule has 0 unspecified atom stereocenters. The lowest BCUT2D eigenvalue weighted by molar-refractivity contribution is 0.392. The SMILES string of the molecule is Fc1ccccc1Oc1conn1. The fourth-order valence-electron chi connectivity index (χ4n) is 0.841. The number of nitrogens with zero attached hydrogens (tertiary/aromatic N) is 2. The summed E-state index contributed by atoms with van der Waals surface area (Å²) in [6, 6.07) is 6.02. The highest BCUT2D eigenvalue weighted by atomic mass is 19.1. The standard InChI is InChI=1S/C8H5FN2O2/c9-6-3-1-2-4-7(6)13-8-5-12-11-10-8/h1-5H. The maximum absolute atomic E-state index is 13.0. The first-order valence-electron chi connectivity index (χ1n) is 3.56.